The number of nitrogens with two attached hydrogens (primary N) is 1. The first-order valence-electron chi connectivity index (χ1n) is 8.29. The fourth-order valence-electron chi connectivity index (χ4n) is 3.08. The first-order valence-corrected chi connectivity index (χ1v) is 8.29. The van der Waals surface area contributed by atoms with Crippen molar-refractivity contribution >= 4 is 22.5 Å². The molecular weight excluding hydrogens is 329 g/mol. The quantitative estimate of drug-likeness (QED) is 0.515. The zero-order valence-electron chi connectivity index (χ0n) is 14.3. The van der Waals surface area contributed by atoms with Crippen LogP contribution in [0.2, 0.25) is 0 Å². The number of H-pyrrole nitrogens is 1. The zero-order chi connectivity index (χ0) is 18.1. The second-order valence-electron chi connectivity index (χ2n) is 6.17. The molecule has 0 amide bonds. The summed E-state index contributed by atoms with van der Waals surface area (Å²) in [5.74, 6) is 0.870. The van der Waals surface area contributed by atoms with E-state index in [-0.39, 0.29) is 5.82 Å². The zero-order valence-corrected chi connectivity index (χ0v) is 14.3. The Balaban J connectivity index is 1.65. The molecule has 0 aliphatic rings. The smallest absolute Gasteiger partial charge is 0.132 e. The number of halogens is 1. The number of hydrogen-bond acceptors (Lipinski definition) is 4. The summed E-state index contributed by atoms with van der Waals surface area (Å²) >= 11 is 0. The second-order valence-corrected chi connectivity index (χ2v) is 6.17. The van der Waals surface area contributed by atoms with E-state index < -0.39 is 0 Å². The number of aromatic nitrogens is 3. The molecule has 0 saturated heterocycles. The lowest BCUT2D eigenvalue weighted by Crippen LogP contribution is -2.02. The van der Waals surface area contributed by atoms with Crippen LogP contribution in [0.5, 0.6) is 0 Å². The Morgan fingerprint density at radius 1 is 1.12 bits per heavy atom. The van der Waals surface area contributed by atoms with Gasteiger partial charge in [-0.25, -0.2) is 14.4 Å². The largest absolute Gasteiger partial charge is 0.384 e. The van der Waals surface area contributed by atoms with E-state index in [1.54, 1.807) is 18.2 Å². The highest BCUT2D eigenvalue weighted by atomic mass is 19.1. The first-order chi connectivity index (χ1) is 12.6. The van der Waals surface area contributed by atoms with Gasteiger partial charge in [-0.1, -0.05) is 18.2 Å². The van der Waals surface area contributed by atoms with Crippen LogP contribution in [0.4, 0.5) is 16.0 Å². The van der Waals surface area contributed by atoms with Crippen molar-refractivity contribution in [3.63, 3.8) is 0 Å². The molecule has 0 spiro atoms. The summed E-state index contributed by atoms with van der Waals surface area (Å²) < 4.78 is 14.2. The molecule has 0 radical (unpaired) electrons. The summed E-state index contributed by atoms with van der Waals surface area (Å²) in [6.45, 7) is 2.61. The molecule has 0 bridgehead atoms. The summed E-state index contributed by atoms with van der Waals surface area (Å²) in [5.41, 5.74) is 10.2. The van der Waals surface area contributed by atoms with E-state index in [0.717, 1.165) is 27.7 Å². The molecule has 2 aromatic heterocycles. The summed E-state index contributed by atoms with van der Waals surface area (Å²) in [5, 5.41) is 4.31. The van der Waals surface area contributed by atoms with E-state index in [1.807, 2.05) is 25.1 Å². The van der Waals surface area contributed by atoms with Crippen LogP contribution < -0.4 is 11.1 Å². The highest BCUT2D eigenvalue weighted by molar-refractivity contribution is 5.91. The molecule has 0 unspecified atom stereocenters. The number of nitrogens with zero attached hydrogens (tertiary/aromatic N) is 2. The van der Waals surface area contributed by atoms with Gasteiger partial charge in [0, 0.05) is 29.1 Å². The summed E-state index contributed by atoms with van der Waals surface area (Å²) in [6, 6.07) is 14.6. The molecule has 0 atom stereocenters. The SMILES string of the molecule is Cc1c(-c2ccccc2F)[nH]c2ccc(CNc3cc(N)ncn3)cc12. The maximum atomic E-state index is 14.2. The van der Waals surface area contributed by atoms with Gasteiger partial charge < -0.3 is 16.0 Å². The van der Waals surface area contributed by atoms with Crippen LogP contribution >= 0.6 is 0 Å². The number of benzene rings is 2. The third-order valence-electron chi connectivity index (χ3n) is 4.43. The van der Waals surface area contributed by atoms with Crippen LogP contribution in [-0.4, -0.2) is 15.0 Å². The molecular formula is C20H18FN5. The van der Waals surface area contributed by atoms with Gasteiger partial charge in [0.15, 0.2) is 0 Å². The van der Waals surface area contributed by atoms with E-state index in [4.69, 9.17) is 5.73 Å². The lowest BCUT2D eigenvalue weighted by molar-refractivity contribution is 0.631. The molecule has 26 heavy (non-hydrogen) atoms. The van der Waals surface area contributed by atoms with Crippen molar-refractivity contribution in [3.05, 3.63) is 71.8 Å². The molecule has 0 fully saturated rings. The normalized spacial score (nSPS) is 11.0. The molecule has 0 saturated carbocycles. The monoisotopic (exact) mass is 347 g/mol. The Morgan fingerprint density at radius 2 is 1.96 bits per heavy atom. The molecule has 130 valence electrons. The van der Waals surface area contributed by atoms with Crippen molar-refractivity contribution in [2.75, 3.05) is 11.1 Å². The number of fused-ring (bicyclic) bond motifs is 1. The van der Waals surface area contributed by atoms with Crippen LogP contribution in [0.15, 0.2) is 54.9 Å². The van der Waals surface area contributed by atoms with Gasteiger partial charge in [0.25, 0.3) is 0 Å². The topological polar surface area (TPSA) is 79.6 Å². The highest BCUT2D eigenvalue weighted by Gasteiger charge is 2.13. The standard InChI is InChI=1S/C20H18FN5/c1-12-15-8-13(10-23-19-9-18(22)24-11-25-19)6-7-17(15)26-20(12)14-4-2-3-5-16(14)21/h2-9,11,26H,10H2,1H3,(H3,22,23,24,25). The Bertz CT molecular complexity index is 1090. The predicted octanol–water partition coefficient (Wildman–Crippen LogP) is 4.27. The number of aryl methyl sites for hydroxylation is 1. The van der Waals surface area contributed by atoms with Gasteiger partial charge in [-0.15, -0.1) is 0 Å². The van der Waals surface area contributed by atoms with Crippen molar-refractivity contribution in [1.82, 2.24) is 15.0 Å². The van der Waals surface area contributed by atoms with Crippen LogP contribution in [0.1, 0.15) is 11.1 Å². The summed E-state index contributed by atoms with van der Waals surface area (Å²) in [4.78, 5) is 11.3. The number of nitrogen functional groups attached to an aromatic ring is 1. The van der Waals surface area contributed by atoms with Crippen molar-refractivity contribution in [2.45, 2.75) is 13.5 Å². The minimum absolute atomic E-state index is 0.231. The van der Waals surface area contributed by atoms with E-state index in [0.29, 0.717) is 23.7 Å². The van der Waals surface area contributed by atoms with Crippen molar-refractivity contribution in [2.24, 2.45) is 0 Å². The van der Waals surface area contributed by atoms with Gasteiger partial charge in [-0.05, 0) is 42.3 Å². The Morgan fingerprint density at radius 3 is 2.77 bits per heavy atom. The minimum atomic E-state index is -0.231. The minimum Gasteiger partial charge on any atom is -0.384 e. The van der Waals surface area contributed by atoms with Gasteiger partial charge in [-0.2, -0.15) is 0 Å². The lowest BCUT2D eigenvalue weighted by atomic mass is 10.0. The van der Waals surface area contributed by atoms with Crippen LogP contribution in [0.3, 0.4) is 0 Å². The summed E-state index contributed by atoms with van der Waals surface area (Å²) in [6.07, 6.45) is 1.43. The number of anilines is 2. The first kappa shape index (κ1) is 16.1. The molecule has 6 heteroatoms. The molecule has 5 nitrogen and oxygen atoms in total. The average Bonchev–Trinajstić information content (AvgIpc) is 2.97. The Hall–Kier alpha value is -3.41. The predicted molar refractivity (Wildman–Crippen MR) is 102 cm³/mol. The van der Waals surface area contributed by atoms with Crippen LogP contribution in [0.25, 0.3) is 22.2 Å². The van der Waals surface area contributed by atoms with Crippen molar-refractivity contribution in [1.29, 1.82) is 0 Å². The Labute approximate surface area is 150 Å². The maximum absolute atomic E-state index is 14.2. The van der Waals surface area contributed by atoms with E-state index in [9.17, 15) is 4.39 Å². The summed E-state index contributed by atoms with van der Waals surface area (Å²) in [7, 11) is 0. The van der Waals surface area contributed by atoms with Crippen molar-refractivity contribution < 1.29 is 4.39 Å². The van der Waals surface area contributed by atoms with Gasteiger partial charge in [-0.3, -0.25) is 0 Å². The van der Waals surface area contributed by atoms with E-state index in [1.165, 1.54) is 12.4 Å². The van der Waals surface area contributed by atoms with Crippen LogP contribution in [0, 0.1) is 12.7 Å². The number of nitrogens with one attached hydrogen (secondary N) is 2. The van der Waals surface area contributed by atoms with Gasteiger partial charge in [0.2, 0.25) is 0 Å². The molecule has 0 aliphatic heterocycles. The van der Waals surface area contributed by atoms with Gasteiger partial charge >= 0.3 is 0 Å². The number of rotatable bonds is 4. The number of aromatic amines is 1. The maximum Gasteiger partial charge on any atom is 0.132 e. The molecule has 0 aliphatic carbocycles. The molecule has 4 N–H and O–H groups in total. The van der Waals surface area contributed by atoms with Gasteiger partial charge in [0.05, 0.1) is 5.69 Å². The third kappa shape index (κ3) is 2.97. The molecule has 4 aromatic rings. The second kappa shape index (κ2) is 6.48. The fraction of sp³-hybridized carbons (Fsp3) is 0.100. The average molecular weight is 347 g/mol. The molecule has 2 aromatic carbocycles. The van der Waals surface area contributed by atoms with Crippen LogP contribution in [-0.2, 0) is 6.54 Å². The van der Waals surface area contributed by atoms with Crippen molar-refractivity contribution in [3.8, 4) is 11.3 Å². The molecule has 2 heterocycles. The van der Waals surface area contributed by atoms with Gasteiger partial charge in [0.1, 0.15) is 23.8 Å². The Kier molecular flexibility index (Phi) is 4.01. The lowest BCUT2D eigenvalue weighted by Gasteiger charge is -2.06. The van der Waals surface area contributed by atoms with E-state index in [2.05, 4.69) is 26.3 Å². The van der Waals surface area contributed by atoms with E-state index >= 15 is 0 Å². The molecule has 4 rings (SSSR count). The highest BCUT2D eigenvalue weighted by Crippen LogP contribution is 2.31. The third-order valence-corrected chi connectivity index (χ3v) is 4.43. The fourth-order valence-corrected chi connectivity index (χ4v) is 3.08. The number of hydrogen-bond donors (Lipinski definition) is 3.